The maximum absolute atomic E-state index is 13.4. The van der Waals surface area contributed by atoms with Gasteiger partial charge in [-0.05, 0) is 34.1 Å². The molecule has 3 fully saturated rings. The highest BCUT2D eigenvalue weighted by molar-refractivity contribution is 8.78. The topological polar surface area (TPSA) is 40.6 Å². The van der Waals surface area contributed by atoms with E-state index in [0.29, 0.717) is 11.4 Å². The van der Waals surface area contributed by atoms with Gasteiger partial charge >= 0.3 is 0 Å². The van der Waals surface area contributed by atoms with Crippen LogP contribution >= 0.6 is 33.2 Å². The van der Waals surface area contributed by atoms with Gasteiger partial charge in [0.05, 0.1) is 0 Å². The van der Waals surface area contributed by atoms with Gasteiger partial charge in [0, 0.05) is 25.5 Å². The number of nitrogens with zero attached hydrogens (tertiary/aromatic N) is 2. The molecule has 0 aromatic heterocycles. The lowest BCUT2D eigenvalue weighted by Crippen LogP contribution is -2.74. The second-order valence-corrected chi connectivity index (χ2v) is 9.53. The van der Waals surface area contributed by atoms with Gasteiger partial charge in [-0.15, -0.1) is 0 Å². The van der Waals surface area contributed by atoms with Crippen molar-refractivity contribution in [1.82, 2.24) is 9.80 Å². The molecule has 2 aromatic carbocycles. The summed E-state index contributed by atoms with van der Waals surface area (Å²) < 4.78 is 0. The zero-order chi connectivity index (χ0) is 18.5. The minimum Gasteiger partial charge on any atom is -0.318 e. The van der Waals surface area contributed by atoms with Crippen molar-refractivity contribution < 1.29 is 9.59 Å². The number of amides is 2. The van der Waals surface area contributed by atoms with Crippen LogP contribution in [-0.4, -0.2) is 40.6 Å². The van der Waals surface area contributed by atoms with Crippen molar-refractivity contribution in [1.29, 1.82) is 0 Å². The minimum absolute atomic E-state index is 0.0536. The SMILES string of the molecule is CN1C(=O)C2(c3ccc(Cl)cc3)SSC1(Cc1ccccc1)C(=O)N2C. The first-order chi connectivity index (χ1) is 12.4. The molecule has 0 spiro atoms. The zero-order valence-corrected chi connectivity index (χ0v) is 16.7. The highest BCUT2D eigenvalue weighted by Crippen LogP contribution is 2.63. The van der Waals surface area contributed by atoms with E-state index in [1.54, 1.807) is 36.0 Å². The molecule has 3 heterocycles. The minimum atomic E-state index is -1.06. The van der Waals surface area contributed by atoms with Crippen LogP contribution in [0.5, 0.6) is 0 Å². The Morgan fingerprint density at radius 1 is 0.885 bits per heavy atom. The normalized spacial score (nSPS) is 28.0. The maximum atomic E-state index is 13.4. The third-order valence-electron chi connectivity index (χ3n) is 5.07. The van der Waals surface area contributed by atoms with Crippen molar-refractivity contribution in [3.63, 3.8) is 0 Å². The summed E-state index contributed by atoms with van der Waals surface area (Å²) in [4.78, 5) is 28.0. The van der Waals surface area contributed by atoms with Crippen molar-refractivity contribution in [2.24, 2.45) is 0 Å². The fourth-order valence-electron chi connectivity index (χ4n) is 3.53. The monoisotopic (exact) mass is 404 g/mol. The summed E-state index contributed by atoms with van der Waals surface area (Å²) in [5.74, 6) is -0.135. The molecule has 0 saturated carbocycles. The summed E-state index contributed by atoms with van der Waals surface area (Å²) in [6.07, 6.45) is 0.480. The Bertz CT molecular complexity index is 877. The first kappa shape index (κ1) is 17.8. The maximum Gasteiger partial charge on any atom is 0.266 e. The second-order valence-electron chi connectivity index (χ2n) is 6.49. The summed E-state index contributed by atoms with van der Waals surface area (Å²) in [5.41, 5.74) is 1.79. The summed E-state index contributed by atoms with van der Waals surface area (Å²) in [5, 5.41) is 0.600. The average Bonchev–Trinajstić information content (AvgIpc) is 2.66. The second kappa shape index (κ2) is 6.22. The van der Waals surface area contributed by atoms with E-state index in [1.165, 1.54) is 21.6 Å². The molecule has 26 heavy (non-hydrogen) atoms. The van der Waals surface area contributed by atoms with Crippen LogP contribution in [0.1, 0.15) is 11.1 Å². The largest absolute Gasteiger partial charge is 0.318 e. The van der Waals surface area contributed by atoms with Crippen LogP contribution in [0.15, 0.2) is 54.6 Å². The highest BCUT2D eigenvalue weighted by atomic mass is 35.5. The molecule has 7 heteroatoms. The number of carbonyl (C=O) groups excluding carboxylic acids is 2. The number of hydrogen-bond donors (Lipinski definition) is 0. The van der Waals surface area contributed by atoms with E-state index in [4.69, 9.17) is 11.6 Å². The molecule has 3 saturated heterocycles. The van der Waals surface area contributed by atoms with Crippen LogP contribution in [0.3, 0.4) is 0 Å². The van der Waals surface area contributed by atoms with E-state index in [2.05, 4.69) is 0 Å². The molecule has 2 unspecified atom stereocenters. The van der Waals surface area contributed by atoms with Crippen LogP contribution in [0.2, 0.25) is 5.02 Å². The predicted octanol–water partition coefficient (Wildman–Crippen LogP) is 3.76. The van der Waals surface area contributed by atoms with E-state index in [-0.39, 0.29) is 11.8 Å². The van der Waals surface area contributed by atoms with Gasteiger partial charge in [0.15, 0.2) is 4.87 Å². The highest BCUT2D eigenvalue weighted by Gasteiger charge is 2.67. The van der Waals surface area contributed by atoms with Gasteiger partial charge in [-0.2, -0.15) is 0 Å². The lowest BCUT2D eigenvalue weighted by atomic mass is 9.94. The molecule has 3 aliphatic heterocycles. The van der Waals surface area contributed by atoms with E-state index >= 15 is 0 Å². The predicted molar refractivity (Wildman–Crippen MR) is 107 cm³/mol. The standard InChI is InChI=1S/C19H17ClN2O2S2/c1-21-17(24)19(14-8-10-15(20)11-9-14)22(2)16(23)18(21,25-26-19)12-13-6-4-3-5-7-13/h3-11H,12H2,1-2H3. The molecule has 0 radical (unpaired) electrons. The molecule has 0 aliphatic carbocycles. The molecule has 3 aliphatic rings. The van der Waals surface area contributed by atoms with Crippen molar-refractivity contribution in [2.45, 2.75) is 16.2 Å². The Morgan fingerprint density at radius 3 is 2.19 bits per heavy atom. The smallest absolute Gasteiger partial charge is 0.266 e. The number of fused-ring (bicyclic) bond motifs is 3. The number of likely N-dealkylation sites (N-methyl/N-ethyl adjacent to an activating group) is 2. The van der Waals surface area contributed by atoms with Crippen LogP contribution in [0, 0.1) is 0 Å². The van der Waals surface area contributed by atoms with Crippen LogP contribution < -0.4 is 0 Å². The lowest BCUT2D eigenvalue weighted by Gasteiger charge is -2.59. The fraction of sp³-hybridized carbons (Fsp3) is 0.263. The molecule has 0 N–H and O–H groups in total. The molecular formula is C19H17ClN2O2S2. The Kier molecular flexibility index (Phi) is 4.25. The van der Waals surface area contributed by atoms with Crippen molar-refractivity contribution in [3.05, 3.63) is 70.7 Å². The van der Waals surface area contributed by atoms with Gasteiger partial charge in [-0.3, -0.25) is 9.59 Å². The zero-order valence-electron chi connectivity index (χ0n) is 14.3. The average molecular weight is 405 g/mol. The summed E-state index contributed by atoms with van der Waals surface area (Å²) in [7, 11) is 6.37. The Morgan fingerprint density at radius 2 is 1.54 bits per heavy atom. The Hall–Kier alpha value is -1.63. The van der Waals surface area contributed by atoms with Gasteiger partial charge in [0.2, 0.25) is 4.87 Å². The van der Waals surface area contributed by atoms with Gasteiger partial charge in [-0.1, -0.05) is 64.9 Å². The third-order valence-corrected chi connectivity index (χ3v) is 9.00. The van der Waals surface area contributed by atoms with Crippen molar-refractivity contribution in [2.75, 3.05) is 14.1 Å². The van der Waals surface area contributed by atoms with E-state index in [0.717, 1.165) is 11.1 Å². The summed E-state index contributed by atoms with van der Waals surface area (Å²) >= 11 is 6.00. The number of carbonyl (C=O) groups is 2. The van der Waals surface area contributed by atoms with Crippen LogP contribution in [0.4, 0.5) is 0 Å². The molecular weight excluding hydrogens is 388 g/mol. The van der Waals surface area contributed by atoms with Crippen molar-refractivity contribution in [3.8, 4) is 0 Å². The van der Waals surface area contributed by atoms with Gasteiger partial charge in [-0.25, -0.2) is 0 Å². The fourth-order valence-corrected chi connectivity index (χ4v) is 7.52. The quantitative estimate of drug-likeness (QED) is 0.730. The molecule has 5 rings (SSSR count). The molecule has 2 bridgehead atoms. The van der Waals surface area contributed by atoms with E-state index in [1.807, 2.05) is 42.5 Å². The van der Waals surface area contributed by atoms with E-state index < -0.39 is 9.74 Å². The number of piperazine rings is 1. The number of halogens is 1. The summed E-state index contributed by atoms with van der Waals surface area (Å²) in [6, 6.07) is 17.0. The van der Waals surface area contributed by atoms with Gasteiger partial charge in [0.1, 0.15) is 0 Å². The number of benzene rings is 2. The molecule has 2 aromatic rings. The Labute approximate surface area is 165 Å². The Balaban J connectivity index is 1.78. The van der Waals surface area contributed by atoms with Gasteiger partial charge < -0.3 is 9.80 Å². The first-order valence-electron chi connectivity index (χ1n) is 8.15. The third kappa shape index (κ3) is 2.32. The van der Waals surface area contributed by atoms with Crippen LogP contribution in [0.25, 0.3) is 0 Å². The molecule has 2 amide bonds. The molecule has 4 nitrogen and oxygen atoms in total. The van der Waals surface area contributed by atoms with Crippen LogP contribution in [-0.2, 0) is 20.9 Å². The van der Waals surface area contributed by atoms with E-state index in [9.17, 15) is 9.59 Å². The van der Waals surface area contributed by atoms with Gasteiger partial charge in [0.25, 0.3) is 11.8 Å². The molecule has 2 atom stereocenters. The number of rotatable bonds is 3. The molecule has 134 valence electrons. The van der Waals surface area contributed by atoms with Crippen molar-refractivity contribution >= 4 is 45.0 Å². The first-order valence-corrected chi connectivity index (χ1v) is 10.7. The summed E-state index contributed by atoms with van der Waals surface area (Å²) in [6.45, 7) is 0. The number of hydrogen-bond acceptors (Lipinski definition) is 4. The lowest BCUT2D eigenvalue weighted by molar-refractivity contribution is -0.164.